The van der Waals surface area contributed by atoms with Gasteiger partial charge in [0, 0.05) is 31.2 Å². The van der Waals surface area contributed by atoms with Crippen LogP contribution in [0.5, 0.6) is 0 Å². The van der Waals surface area contributed by atoms with Crippen LogP contribution in [-0.4, -0.2) is 41.7 Å². The van der Waals surface area contributed by atoms with Gasteiger partial charge in [0.05, 0.1) is 24.3 Å². The highest BCUT2D eigenvalue weighted by Gasteiger charge is 2.23. The van der Waals surface area contributed by atoms with Crippen LogP contribution < -0.4 is 0 Å². The molecule has 0 unspecified atom stereocenters. The highest BCUT2D eigenvalue weighted by Crippen LogP contribution is 2.27. The summed E-state index contributed by atoms with van der Waals surface area (Å²) in [7, 11) is 0. The van der Waals surface area contributed by atoms with Gasteiger partial charge in [-0.15, -0.1) is 0 Å². The van der Waals surface area contributed by atoms with Crippen molar-refractivity contribution in [3.05, 3.63) is 71.4 Å². The van der Waals surface area contributed by atoms with Gasteiger partial charge in [-0.3, -0.25) is 4.79 Å². The van der Waals surface area contributed by atoms with Crippen molar-refractivity contribution in [1.29, 1.82) is 0 Å². The Hall–Kier alpha value is -2.59. The summed E-state index contributed by atoms with van der Waals surface area (Å²) >= 11 is 0. The van der Waals surface area contributed by atoms with Gasteiger partial charge in [-0.2, -0.15) is 0 Å². The number of rotatable bonds is 3. The molecule has 0 radical (unpaired) electrons. The summed E-state index contributed by atoms with van der Waals surface area (Å²) < 4.78 is 7.58. The molecule has 1 amide bonds. The lowest BCUT2D eigenvalue weighted by Gasteiger charge is -2.26. The number of nitrogens with zero attached hydrogens (tertiary/aromatic N) is 2. The van der Waals surface area contributed by atoms with Crippen molar-refractivity contribution in [3.8, 4) is 0 Å². The Kier molecular flexibility index (Phi) is 4.28. The number of amides is 1. The van der Waals surface area contributed by atoms with Crippen LogP contribution in [0.25, 0.3) is 10.9 Å². The quantitative estimate of drug-likeness (QED) is 0.735. The minimum atomic E-state index is 0.103. The first-order chi connectivity index (χ1) is 12.2. The fourth-order valence-corrected chi connectivity index (χ4v) is 3.56. The molecule has 0 saturated carbocycles. The summed E-state index contributed by atoms with van der Waals surface area (Å²) in [6.45, 7) is 5.43. The van der Waals surface area contributed by atoms with Crippen LogP contribution in [-0.2, 0) is 11.3 Å². The van der Waals surface area contributed by atoms with E-state index in [-0.39, 0.29) is 5.91 Å². The molecule has 1 saturated heterocycles. The highest BCUT2D eigenvalue weighted by molar-refractivity contribution is 6.07. The second kappa shape index (κ2) is 6.73. The van der Waals surface area contributed by atoms with Crippen molar-refractivity contribution in [1.82, 2.24) is 9.47 Å². The number of morpholine rings is 1. The number of fused-ring (bicyclic) bond motifs is 1. The summed E-state index contributed by atoms with van der Waals surface area (Å²) in [5.74, 6) is 0.103. The smallest absolute Gasteiger partial charge is 0.256 e. The standard InChI is InChI=1S/C21H22N2O2/c1-16-6-5-9-18-19(21(24)22-10-12-25-13-11-22)15-23(20(16)18)14-17-7-3-2-4-8-17/h2-9,15H,10-14H2,1H3. The van der Waals surface area contributed by atoms with Crippen LogP contribution in [0.1, 0.15) is 21.5 Å². The molecule has 4 heteroatoms. The van der Waals surface area contributed by atoms with Crippen LogP contribution in [0.4, 0.5) is 0 Å². The second-order valence-electron chi connectivity index (χ2n) is 6.53. The zero-order valence-corrected chi connectivity index (χ0v) is 14.4. The van der Waals surface area contributed by atoms with E-state index in [2.05, 4.69) is 35.8 Å². The summed E-state index contributed by atoms with van der Waals surface area (Å²) in [6, 6.07) is 16.5. The first-order valence-corrected chi connectivity index (χ1v) is 8.73. The molecule has 3 aromatic rings. The number of carbonyl (C=O) groups is 1. The molecule has 2 heterocycles. The molecular weight excluding hydrogens is 312 g/mol. The zero-order chi connectivity index (χ0) is 17.2. The van der Waals surface area contributed by atoms with Crippen molar-refractivity contribution in [2.24, 2.45) is 0 Å². The maximum absolute atomic E-state index is 13.0. The van der Waals surface area contributed by atoms with E-state index >= 15 is 0 Å². The largest absolute Gasteiger partial charge is 0.378 e. The predicted molar refractivity (Wildman–Crippen MR) is 98.9 cm³/mol. The van der Waals surface area contributed by atoms with Crippen molar-refractivity contribution in [2.45, 2.75) is 13.5 Å². The Labute approximate surface area is 147 Å². The molecule has 1 aromatic heterocycles. The van der Waals surface area contributed by atoms with E-state index in [1.807, 2.05) is 35.4 Å². The Balaban J connectivity index is 1.77. The number of ether oxygens (including phenoxy) is 1. The van der Waals surface area contributed by atoms with Crippen LogP contribution in [0.15, 0.2) is 54.7 Å². The number of hydrogen-bond donors (Lipinski definition) is 0. The van der Waals surface area contributed by atoms with Crippen molar-refractivity contribution in [3.63, 3.8) is 0 Å². The SMILES string of the molecule is Cc1cccc2c(C(=O)N3CCOCC3)cn(Cc3ccccc3)c12. The van der Waals surface area contributed by atoms with Gasteiger partial charge in [-0.25, -0.2) is 0 Å². The molecule has 1 aliphatic heterocycles. The van der Waals surface area contributed by atoms with E-state index in [0.29, 0.717) is 26.3 Å². The summed E-state index contributed by atoms with van der Waals surface area (Å²) in [5, 5.41) is 1.03. The molecular formula is C21H22N2O2. The Morgan fingerprint density at radius 1 is 1.04 bits per heavy atom. The molecule has 0 atom stereocenters. The number of hydrogen-bond acceptors (Lipinski definition) is 2. The van der Waals surface area contributed by atoms with Crippen LogP contribution in [0.3, 0.4) is 0 Å². The monoisotopic (exact) mass is 334 g/mol. The third-order valence-electron chi connectivity index (χ3n) is 4.82. The van der Waals surface area contributed by atoms with Gasteiger partial charge in [0.25, 0.3) is 5.91 Å². The first kappa shape index (κ1) is 15.9. The van der Waals surface area contributed by atoms with Crippen LogP contribution in [0, 0.1) is 6.92 Å². The predicted octanol–water partition coefficient (Wildman–Crippen LogP) is 3.47. The average molecular weight is 334 g/mol. The average Bonchev–Trinajstić information content (AvgIpc) is 3.02. The van der Waals surface area contributed by atoms with E-state index in [9.17, 15) is 4.79 Å². The number of aryl methyl sites for hydroxylation is 1. The third kappa shape index (κ3) is 3.05. The van der Waals surface area contributed by atoms with E-state index in [1.165, 1.54) is 11.1 Å². The van der Waals surface area contributed by atoms with Crippen molar-refractivity contribution in [2.75, 3.05) is 26.3 Å². The number of aromatic nitrogens is 1. The van der Waals surface area contributed by atoms with Crippen LogP contribution in [0.2, 0.25) is 0 Å². The highest BCUT2D eigenvalue weighted by atomic mass is 16.5. The van der Waals surface area contributed by atoms with Gasteiger partial charge in [0.2, 0.25) is 0 Å². The fraction of sp³-hybridized carbons (Fsp3) is 0.286. The van der Waals surface area contributed by atoms with E-state index in [1.54, 1.807) is 0 Å². The number of carbonyl (C=O) groups excluding carboxylic acids is 1. The van der Waals surface area contributed by atoms with Gasteiger partial charge in [-0.05, 0) is 18.1 Å². The van der Waals surface area contributed by atoms with Gasteiger partial charge < -0.3 is 14.2 Å². The molecule has 128 valence electrons. The number of para-hydroxylation sites is 1. The van der Waals surface area contributed by atoms with E-state index in [4.69, 9.17) is 4.74 Å². The van der Waals surface area contributed by atoms with E-state index < -0.39 is 0 Å². The molecule has 0 bridgehead atoms. The summed E-state index contributed by atoms with van der Waals surface area (Å²) in [6.07, 6.45) is 2.02. The molecule has 1 aliphatic rings. The maximum Gasteiger partial charge on any atom is 0.256 e. The zero-order valence-electron chi connectivity index (χ0n) is 14.4. The molecule has 25 heavy (non-hydrogen) atoms. The molecule has 0 spiro atoms. The fourth-order valence-electron chi connectivity index (χ4n) is 3.56. The minimum Gasteiger partial charge on any atom is -0.378 e. The Morgan fingerprint density at radius 3 is 2.56 bits per heavy atom. The normalized spacial score (nSPS) is 14.8. The van der Waals surface area contributed by atoms with Gasteiger partial charge in [-0.1, -0.05) is 48.5 Å². The number of benzene rings is 2. The summed E-state index contributed by atoms with van der Waals surface area (Å²) in [4.78, 5) is 14.9. The molecule has 2 aromatic carbocycles. The topological polar surface area (TPSA) is 34.5 Å². The lowest BCUT2D eigenvalue weighted by atomic mass is 10.1. The molecule has 4 rings (SSSR count). The molecule has 0 aliphatic carbocycles. The maximum atomic E-state index is 13.0. The molecule has 4 nitrogen and oxygen atoms in total. The minimum absolute atomic E-state index is 0.103. The van der Waals surface area contributed by atoms with Gasteiger partial charge in [0.15, 0.2) is 0 Å². The molecule has 0 N–H and O–H groups in total. The third-order valence-corrected chi connectivity index (χ3v) is 4.82. The Morgan fingerprint density at radius 2 is 1.80 bits per heavy atom. The van der Waals surface area contributed by atoms with Gasteiger partial charge >= 0.3 is 0 Å². The van der Waals surface area contributed by atoms with Crippen LogP contribution >= 0.6 is 0 Å². The van der Waals surface area contributed by atoms with E-state index in [0.717, 1.165) is 23.0 Å². The molecule has 1 fully saturated rings. The van der Waals surface area contributed by atoms with Gasteiger partial charge in [0.1, 0.15) is 0 Å². The summed E-state index contributed by atoms with van der Waals surface area (Å²) in [5.41, 5.74) is 4.35. The lowest BCUT2D eigenvalue weighted by Crippen LogP contribution is -2.40. The Bertz CT molecular complexity index is 893. The first-order valence-electron chi connectivity index (χ1n) is 8.73. The van der Waals surface area contributed by atoms with Crippen molar-refractivity contribution >= 4 is 16.8 Å². The van der Waals surface area contributed by atoms with Crippen molar-refractivity contribution < 1.29 is 9.53 Å². The lowest BCUT2D eigenvalue weighted by molar-refractivity contribution is 0.0304. The second-order valence-corrected chi connectivity index (χ2v) is 6.53.